The van der Waals surface area contributed by atoms with Crippen LogP contribution in [0.1, 0.15) is 48.5 Å². The second-order valence-electron chi connectivity index (χ2n) is 4.74. The van der Waals surface area contributed by atoms with E-state index in [0.717, 1.165) is 31.4 Å². The number of hydrogen-bond donors (Lipinski definition) is 0. The van der Waals surface area contributed by atoms with Gasteiger partial charge in [0.1, 0.15) is 5.82 Å². The first-order chi connectivity index (χ1) is 9.77. The van der Waals surface area contributed by atoms with Crippen LogP contribution in [0, 0.1) is 12.7 Å². The maximum absolute atomic E-state index is 13.9. The van der Waals surface area contributed by atoms with Crippen LogP contribution in [0.3, 0.4) is 0 Å². The van der Waals surface area contributed by atoms with Crippen LogP contribution in [-0.4, -0.2) is 21.0 Å². The van der Waals surface area contributed by atoms with Crippen LogP contribution in [0.2, 0.25) is 0 Å². The summed E-state index contributed by atoms with van der Waals surface area (Å²) in [7, 11) is 1.19. The van der Waals surface area contributed by atoms with E-state index in [1.165, 1.54) is 6.92 Å². The summed E-state index contributed by atoms with van der Waals surface area (Å²) >= 11 is 0. The smallest absolute Gasteiger partial charge is 0.341 e. The van der Waals surface area contributed by atoms with Crippen molar-refractivity contribution in [1.29, 1.82) is 0 Å². The molecule has 0 aliphatic heterocycles. The lowest BCUT2D eigenvalue weighted by Crippen LogP contribution is -2.11. The molecule has 4 nitrogen and oxygen atoms in total. The molecule has 118 valence electrons. The van der Waals surface area contributed by atoms with Crippen LogP contribution in [-0.2, 0) is 13.8 Å². The number of unbranched alkanes of at least 4 members (excludes halogenated alkanes) is 3. The first-order valence-corrected chi connectivity index (χ1v) is 9.00. The Morgan fingerprint density at radius 3 is 2.52 bits per heavy atom. The number of esters is 1. The summed E-state index contributed by atoms with van der Waals surface area (Å²) in [5, 5.41) is 0. The Balaban J connectivity index is 2.86. The maximum Gasteiger partial charge on any atom is 0.341 e. The molecule has 21 heavy (non-hydrogen) atoms. The Labute approximate surface area is 128 Å². The van der Waals surface area contributed by atoms with Crippen molar-refractivity contribution in [2.24, 2.45) is 0 Å². The minimum Gasteiger partial charge on any atom is -0.462 e. The summed E-state index contributed by atoms with van der Waals surface area (Å²) in [5.41, 5.74) is -0.389. The number of aryl methyl sites for hydroxylation is 1. The van der Waals surface area contributed by atoms with Crippen molar-refractivity contribution < 1.29 is 22.3 Å². The van der Waals surface area contributed by atoms with Gasteiger partial charge in [-0.2, -0.15) is 0 Å². The van der Waals surface area contributed by atoms with Crippen LogP contribution < -0.4 is 0 Å². The average molecular weight is 337 g/mol. The summed E-state index contributed by atoms with van der Waals surface area (Å²) < 4.78 is 41.5. The van der Waals surface area contributed by atoms with Crippen LogP contribution in [0.5, 0.6) is 0 Å². The molecule has 0 radical (unpaired) electrons. The Morgan fingerprint density at radius 2 is 1.95 bits per heavy atom. The fraction of sp³-hybridized carbons (Fsp3) is 0.500. The molecule has 1 aromatic rings. The first-order valence-electron chi connectivity index (χ1n) is 6.69. The summed E-state index contributed by atoms with van der Waals surface area (Å²) in [6.07, 6.45) is 3.69. The fourth-order valence-corrected chi connectivity index (χ4v) is 2.64. The molecule has 0 bridgehead atoms. The van der Waals surface area contributed by atoms with Crippen LogP contribution >= 0.6 is 10.7 Å². The highest BCUT2D eigenvalue weighted by Crippen LogP contribution is 2.22. The quantitative estimate of drug-likeness (QED) is 0.431. The number of benzene rings is 1. The predicted octanol–water partition coefficient (Wildman–Crippen LogP) is 3.80. The third kappa shape index (κ3) is 5.28. The number of rotatable bonds is 7. The average Bonchev–Trinajstić information content (AvgIpc) is 2.40. The van der Waals surface area contributed by atoms with E-state index in [0.29, 0.717) is 6.42 Å². The molecule has 0 atom stereocenters. The molecule has 0 spiro atoms. The highest BCUT2D eigenvalue weighted by atomic mass is 35.7. The normalized spacial score (nSPS) is 11.4. The van der Waals surface area contributed by atoms with Gasteiger partial charge >= 0.3 is 5.97 Å². The van der Waals surface area contributed by atoms with E-state index < -0.39 is 26.4 Å². The monoisotopic (exact) mass is 336 g/mol. The fourth-order valence-electron chi connectivity index (χ4n) is 1.80. The van der Waals surface area contributed by atoms with Gasteiger partial charge in [0.15, 0.2) is 0 Å². The van der Waals surface area contributed by atoms with Crippen LogP contribution in [0.4, 0.5) is 4.39 Å². The number of hydrogen-bond acceptors (Lipinski definition) is 4. The van der Waals surface area contributed by atoms with Gasteiger partial charge in [-0.05, 0) is 31.0 Å². The summed E-state index contributed by atoms with van der Waals surface area (Å²) in [5.74, 6) is -1.67. The summed E-state index contributed by atoms with van der Waals surface area (Å²) in [6, 6.07) is 1.98. The molecule has 0 aliphatic carbocycles. The van der Waals surface area contributed by atoms with E-state index in [2.05, 4.69) is 6.92 Å². The van der Waals surface area contributed by atoms with E-state index in [9.17, 15) is 17.6 Å². The molecule has 0 amide bonds. The molecule has 0 heterocycles. The summed E-state index contributed by atoms with van der Waals surface area (Å²) in [6.45, 7) is 3.59. The molecular formula is C14H18ClFO4S. The molecule has 0 fully saturated rings. The van der Waals surface area contributed by atoms with Crippen molar-refractivity contribution in [2.45, 2.75) is 44.4 Å². The lowest BCUT2D eigenvalue weighted by atomic mass is 10.1. The Morgan fingerprint density at radius 1 is 1.29 bits per heavy atom. The van der Waals surface area contributed by atoms with Gasteiger partial charge in [0.2, 0.25) is 0 Å². The van der Waals surface area contributed by atoms with Crippen molar-refractivity contribution in [3.8, 4) is 0 Å². The van der Waals surface area contributed by atoms with Crippen molar-refractivity contribution in [3.05, 3.63) is 29.1 Å². The molecule has 1 rings (SSSR count). The molecule has 7 heteroatoms. The lowest BCUT2D eigenvalue weighted by molar-refractivity contribution is 0.0492. The molecule has 0 aromatic heterocycles. The van der Waals surface area contributed by atoms with E-state index >= 15 is 0 Å². The Bertz CT molecular complexity index is 614. The van der Waals surface area contributed by atoms with Gasteiger partial charge in [-0.25, -0.2) is 17.6 Å². The highest BCUT2D eigenvalue weighted by Gasteiger charge is 2.21. The van der Waals surface area contributed by atoms with Gasteiger partial charge in [0, 0.05) is 10.7 Å². The van der Waals surface area contributed by atoms with Gasteiger partial charge in [0.25, 0.3) is 9.05 Å². The van der Waals surface area contributed by atoms with Crippen LogP contribution in [0.15, 0.2) is 17.0 Å². The van der Waals surface area contributed by atoms with Crippen LogP contribution in [0.25, 0.3) is 0 Å². The first kappa shape index (κ1) is 17.9. The topological polar surface area (TPSA) is 60.4 Å². The molecular weight excluding hydrogens is 319 g/mol. The minimum atomic E-state index is -4.03. The van der Waals surface area contributed by atoms with Gasteiger partial charge in [-0.1, -0.05) is 26.2 Å². The van der Waals surface area contributed by atoms with Gasteiger partial charge in [0.05, 0.1) is 17.1 Å². The molecule has 1 aromatic carbocycles. The standard InChI is InChI=1S/C14H18ClFO4S/c1-3-4-5-6-7-20-14(17)12-9-11(21(15,18)19)8-10(2)13(12)16/h8-9H,3-7H2,1-2H3. The minimum absolute atomic E-state index is 0.0228. The van der Waals surface area contributed by atoms with Crippen molar-refractivity contribution in [1.82, 2.24) is 0 Å². The molecule has 0 aliphatic rings. The molecule has 0 unspecified atom stereocenters. The molecule has 0 N–H and O–H groups in total. The van der Waals surface area contributed by atoms with Crippen molar-refractivity contribution >= 4 is 25.7 Å². The van der Waals surface area contributed by atoms with E-state index in [4.69, 9.17) is 15.4 Å². The number of ether oxygens (including phenoxy) is 1. The molecule has 0 saturated carbocycles. The maximum atomic E-state index is 13.9. The summed E-state index contributed by atoms with van der Waals surface area (Å²) in [4.78, 5) is 11.5. The zero-order valence-electron chi connectivity index (χ0n) is 12.0. The van der Waals surface area contributed by atoms with E-state index in [1.807, 2.05) is 0 Å². The van der Waals surface area contributed by atoms with E-state index in [-0.39, 0.29) is 17.1 Å². The highest BCUT2D eigenvalue weighted by molar-refractivity contribution is 8.13. The third-order valence-corrected chi connectivity index (χ3v) is 4.29. The number of carbonyl (C=O) groups excluding carboxylic acids is 1. The largest absolute Gasteiger partial charge is 0.462 e. The zero-order chi connectivity index (χ0) is 16.0. The Hall–Kier alpha value is -1.14. The van der Waals surface area contributed by atoms with Crippen molar-refractivity contribution in [3.63, 3.8) is 0 Å². The second-order valence-corrected chi connectivity index (χ2v) is 7.30. The Kier molecular flexibility index (Phi) is 6.61. The van der Waals surface area contributed by atoms with Crippen molar-refractivity contribution in [2.75, 3.05) is 6.61 Å². The second kappa shape index (κ2) is 7.75. The van der Waals surface area contributed by atoms with Gasteiger partial charge in [-0.15, -0.1) is 0 Å². The van der Waals surface area contributed by atoms with Gasteiger partial charge in [-0.3, -0.25) is 0 Å². The number of carbonyl (C=O) groups is 1. The van der Waals surface area contributed by atoms with Gasteiger partial charge < -0.3 is 4.74 Å². The lowest BCUT2D eigenvalue weighted by Gasteiger charge is -2.08. The third-order valence-electron chi connectivity index (χ3n) is 2.96. The van der Waals surface area contributed by atoms with E-state index in [1.54, 1.807) is 0 Å². The number of halogens is 2. The predicted molar refractivity (Wildman–Crippen MR) is 78.6 cm³/mol. The SMILES string of the molecule is CCCCCCOC(=O)c1cc(S(=O)(=O)Cl)cc(C)c1F. The molecule has 0 saturated heterocycles. The zero-order valence-corrected chi connectivity index (χ0v) is 13.6.